The molecule has 0 amide bonds. The third kappa shape index (κ3) is 0.876. The van der Waals surface area contributed by atoms with Gasteiger partial charge in [0.25, 0.3) is 0 Å². The molecule has 0 saturated carbocycles. The Morgan fingerprint density at radius 3 is 2.56 bits per heavy atom. The largest absolute Gasteiger partial charge is 0.327 e. The molecule has 0 aliphatic carbocycles. The van der Waals surface area contributed by atoms with Gasteiger partial charge in [-0.25, -0.2) is 0 Å². The van der Waals surface area contributed by atoms with Gasteiger partial charge in [0.15, 0.2) is 0 Å². The predicted octanol–water partition coefficient (Wildman–Crippen LogP) is -0.207. The van der Waals surface area contributed by atoms with Gasteiger partial charge in [-0.1, -0.05) is 0 Å². The summed E-state index contributed by atoms with van der Waals surface area (Å²) in [4.78, 5) is 0. The lowest BCUT2D eigenvalue weighted by Gasteiger charge is -2.38. The molecule has 0 aromatic rings. The molecule has 2 aliphatic heterocycles. The number of hydrogen-bond acceptors (Lipinski definition) is 3. The number of thioether (sulfide) groups is 1. The standard InChI is InChI=1S/C6H12N2S/c7-5-1-6(9-2-5)3-8-4-6/h5,8H,1-4,7H2. The summed E-state index contributed by atoms with van der Waals surface area (Å²) in [6.45, 7) is 2.37. The molecular weight excluding hydrogens is 132 g/mol. The van der Waals surface area contributed by atoms with Gasteiger partial charge in [-0.05, 0) is 6.42 Å². The Bertz CT molecular complexity index is 122. The van der Waals surface area contributed by atoms with Crippen molar-refractivity contribution in [1.82, 2.24) is 5.32 Å². The zero-order chi connectivity index (χ0) is 6.32. The Hall–Kier alpha value is 0.270. The van der Waals surface area contributed by atoms with E-state index in [2.05, 4.69) is 17.1 Å². The first-order valence-corrected chi connectivity index (χ1v) is 4.40. The first kappa shape index (κ1) is 6.01. The van der Waals surface area contributed by atoms with Crippen molar-refractivity contribution < 1.29 is 0 Å². The van der Waals surface area contributed by atoms with Crippen LogP contribution in [0.4, 0.5) is 0 Å². The maximum atomic E-state index is 5.77. The van der Waals surface area contributed by atoms with Gasteiger partial charge in [0, 0.05) is 29.6 Å². The van der Waals surface area contributed by atoms with Crippen molar-refractivity contribution in [2.75, 3.05) is 18.8 Å². The maximum Gasteiger partial charge on any atom is 0.0424 e. The van der Waals surface area contributed by atoms with Gasteiger partial charge in [0.2, 0.25) is 0 Å². The lowest BCUT2D eigenvalue weighted by molar-refractivity contribution is 0.370. The molecule has 3 N–H and O–H groups in total. The highest BCUT2D eigenvalue weighted by Gasteiger charge is 2.43. The van der Waals surface area contributed by atoms with Crippen molar-refractivity contribution in [3.63, 3.8) is 0 Å². The topological polar surface area (TPSA) is 38.0 Å². The molecule has 2 heterocycles. The normalized spacial score (nSPS) is 39.0. The van der Waals surface area contributed by atoms with Gasteiger partial charge < -0.3 is 11.1 Å². The highest BCUT2D eigenvalue weighted by atomic mass is 32.2. The van der Waals surface area contributed by atoms with Gasteiger partial charge in [-0.2, -0.15) is 11.8 Å². The summed E-state index contributed by atoms with van der Waals surface area (Å²) in [5.74, 6) is 1.17. The van der Waals surface area contributed by atoms with E-state index in [0.717, 1.165) is 0 Å². The van der Waals surface area contributed by atoms with E-state index in [-0.39, 0.29) is 0 Å². The highest BCUT2D eigenvalue weighted by molar-refractivity contribution is 8.01. The summed E-state index contributed by atoms with van der Waals surface area (Å²) in [5.41, 5.74) is 5.77. The zero-order valence-corrected chi connectivity index (χ0v) is 6.21. The average Bonchev–Trinajstić information content (AvgIpc) is 2.09. The van der Waals surface area contributed by atoms with Crippen LogP contribution in [0.3, 0.4) is 0 Å². The predicted molar refractivity (Wildman–Crippen MR) is 40.7 cm³/mol. The molecule has 2 nitrogen and oxygen atoms in total. The maximum absolute atomic E-state index is 5.77. The van der Waals surface area contributed by atoms with Crippen LogP contribution in [-0.4, -0.2) is 29.6 Å². The van der Waals surface area contributed by atoms with Crippen molar-refractivity contribution in [2.24, 2.45) is 5.73 Å². The number of rotatable bonds is 0. The quantitative estimate of drug-likeness (QED) is 0.494. The first-order valence-electron chi connectivity index (χ1n) is 3.41. The lowest BCUT2D eigenvalue weighted by atomic mass is 9.95. The van der Waals surface area contributed by atoms with Gasteiger partial charge >= 0.3 is 0 Å². The third-order valence-electron chi connectivity index (χ3n) is 2.13. The van der Waals surface area contributed by atoms with Gasteiger partial charge in [0.1, 0.15) is 0 Å². The van der Waals surface area contributed by atoms with Gasteiger partial charge in [-0.3, -0.25) is 0 Å². The number of nitrogens with one attached hydrogen (secondary N) is 1. The molecule has 2 aliphatic rings. The monoisotopic (exact) mass is 144 g/mol. The number of nitrogens with two attached hydrogens (primary N) is 1. The second-order valence-electron chi connectivity index (χ2n) is 3.06. The van der Waals surface area contributed by atoms with Gasteiger partial charge in [0.05, 0.1) is 0 Å². The van der Waals surface area contributed by atoms with Crippen molar-refractivity contribution in [1.29, 1.82) is 0 Å². The molecule has 2 fully saturated rings. The summed E-state index contributed by atoms with van der Waals surface area (Å²) < 4.78 is 0.569. The van der Waals surface area contributed by atoms with Crippen LogP contribution in [0.5, 0.6) is 0 Å². The minimum atomic E-state index is 0.470. The van der Waals surface area contributed by atoms with E-state index in [1.807, 2.05) is 0 Å². The Kier molecular flexibility index (Phi) is 1.25. The fourth-order valence-electron chi connectivity index (χ4n) is 1.53. The molecule has 1 unspecified atom stereocenters. The van der Waals surface area contributed by atoms with E-state index in [1.54, 1.807) is 0 Å². The second-order valence-corrected chi connectivity index (χ2v) is 4.55. The van der Waals surface area contributed by atoms with Crippen LogP contribution in [0.25, 0.3) is 0 Å². The van der Waals surface area contributed by atoms with Crippen LogP contribution in [0.1, 0.15) is 6.42 Å². The second kappa shape index (κ2) is 1.87. The summed E-state index contributed by atoms with van der Waals surface area (Å²) in [6.07, 6.45) is 1.23. The van der Waals surface area contributed by atoms with Crippen LogP contribution in [0, 0.1) is 0 Å². The van der Waals surface area contributed by atoms with Crippen molar-refractivity contribution in [3.05, 3.63) is 0 Å². The van der Waals surface area contributed by atoms with Crippen LogP contribution in [-0.2, 0) is 0 Å². The van der Waals surface area contributed by atoms with E-state index in [1.165, 1.54) is 25.3 Å². The van der Waals surface area contributed by atoms with Crippen molar-refractivity contribution in [3.8, 4) is 0 Å². The van der Waals surface area contributed by atoms with Crippen LogP contribution < -0.4 is 11.1 Å². The molecule has 0 aromatic carbocycles. The van der Waals surface area contributed by atoms with Crippen LogP contribution >= 0.6 is 11.8 Å². The van der Waals surface area contributed by atoms with Crippen LogP contribution in [0.2, 0.25) is 0 Å². The van der Waals surface area contributed by atoms with Crippen molar-refractivity contribution >= 4 is 11.8 Å². The summed E-state index contributed by atoms with van der Waals surface area (Å²) in [6, 6.07) is 0.470. The molecule has 0 bridgehead atoms. The summed E-state index contributed by atoms with van der Waals surface area (Å²) in [7, 11) is 0. The molecular formula is C6H12N2S. The minimum Gasteiger partial charge on any atom is -0.327 e. The molecule has 9 heavy (non-hydrogen) atoms. The fourth-order valence-corrected chi connectivity index (χ4v) is 2.96. The summed E-state index contributed by atoms with van der Waals surface area (Å²) in [5, 5.41) is 3.29. The Labute approximate surface area is 59.6 Å². The van der Waals surface area contributed by atoms with E-state index in [9.17, 15) is 0 Å². The molecule has 0 aromatic heterocycles. The molecule has 52 valence electrons. The molecule has 1 atom stereocenters. The van der Waals surface area contributed by atoms with E-state index in [4.69, 9.17) is 5.73 Å². The highest BCUT2D eigenvalue weighted by Crippen LogP contribution is 2.40. The van der Waals surface area contributed by atoms with E-state index < -0.39 is 0 Å². The molecule has 2 saturated heterocycles. The first-order chi connectivity index (χ1) is 4.31. The summed E-state index contributed by atoms with van der Waals surface area (Å²) >= 11 is 2.05. The lowest BCUT2D eigenvalue weighted by Crippen LogP contribution is -2.56. The fraction of sp³-hybridized carbons (Fsp3) is 1.00. The minimum absolute atomic E-state index is 0.470. The smallest absolute Gasteiger partial charge is 0.0424 e. The van der Waals surface area contributed by atoms with Gasteiger partial charge in [-0.15, -0.1) is 0 Å². The Morgan fingerprint density at radius 1 is 1.56 bits per heavy atom. The Balaban J connectivity index is 1.99. The van der Waals surface area contributed by atoms with E-state index in [0.29, 0.717) is 10.8 Å². The molecule has 2 rings (SSSR count). The third-order valence-corrected chi connectivity index (χ3v) is 3.79. The number of hydrogen-bond donors (Lipinski definition) is 2. The molecule has 3 heteroatoms. The SMILES string of the molecule is NC1CSC2(CNC2)C1. The Morgan fingerprint density at radius 2 is 2.33 bits per heavy atom. The van der Waals surface area contributed by atoms with Crippen LogP contribution in [0.15, 0.2) is 0 Å². The zero-order valence-electron chi connectivity index (χ0n) is 5.39. The molecule has 1 spiro atoms. The van der Waals surface area contributed by atoms with Crippen molar-refractivity contribution in [2.45, 2.75) is 17.2 Å². The molecule has 0 radical (unpaired) electrons. The average molecular weight is 144 g/mol. The van der Waals surface area contributed by atoms with E-state index >= 15 is 0 Å².